The van der Waals surface area contributed by atoms with Gasteiger partial charge in [-0.05, 0) is 42.8 Å². The van der Waals surface area contributed by atoms with Gasteiger partial charge in [0.1, 0.15) is 17.3 Å². The van der Waals surface area contributed by atoms with E-state index in [0.29, 0.717) is 23.4 Å². The molecule has 3 aromatic heterocycles. The van der Waals surface area contributed by atoms with Crippen LogP contribution in [0, 0.1) is 0 Å². The molecular formula is C23H25N7O2. The van der Waals surface area contributed by atoms with Crippen LogP contribution in [-0.4, -0.2) is 37.8 Å². The highest BCUT2D eigenvalue weighted by molar-refractivity contribution is 6.04. The summed E-state index contributed by atoms with van der Waals surface area (Å²) in [5.74, 6) is 1.08. The molecule has 0 unspecified atom stereocenters. The molecule has 0 atom stereocenters. The third-order valence-electron chi connectivity index (χ3n) is 5.35. The third-order valence-corrected chi connectivity index (χ3v) is 5.35. The molecule has 3 N–H and O–H groups in total. The maximum absolute atomic E-state index is 12.9. The molecule has 0 radical (unpaired) electrons. The predicted molar refractivity (Wildman–Crippen MR) is 123 cm³/mol. The van der Waals surface area contributed by atoms with Crippen molar-refractivity contribution in [3.8, 4) is 0 Å². The predicted octanol–water partition coefficient (Wildman–Crippen LogP) is 2.62. The zero-order valence-electron chi connectivity index (χ0n) is 18.2. The van der Waals surface area contributed by atoms with Gasteiger partial charge in [0.05, 0.1) is 17.8 Å². The van der Waals surface area contributed by atoms with Crippen molar-refractivity contribution >= 4 is 29.0 Å². The van der Waals surface area contributed by atoms with E-state index >= 15 is 0 Å². The number of nitrogens with zero attached hydrogens (tertiary/aromatic N) is 5. The topological polar surface area (TPSA) is 111 Å². The number of rotatable bonds is 7. The number of carbonyl (C=O) groups excluding carboxylic acids is 2. The summed E-state index contributed by atoms with van der Waals surface area (Å²) in [5, 5.41) is 2.85. The molecule has 0 aliphatic carbocycles. The number of pyridine rings is 1. The lowest BCUT2D eigenvalue weighted by Gasteiger charge is -2.20. The van der Waals surface area contributed by atoms with Crippen molar-refractivity contribution in [2.75, 3.05) is 17.3 Å². The summed E-state index contributed by atoms with van der Waals surface area (Å²) in [6.45, 7) is 2.66. The van der Waals surface area contributed by atoms with E-state index in [1.165, 1.54) is 0 Å². The van der Waals surface area contributed by atoms with Crippen molar-refractivity contribution in [1.29, 1.82) is 0 Å². The Hall–Kier alpha value is -4.14. The Balaban J connectivity index is 1.63. The van der Waals surface area contributed by atoms with Crippen LogP contribution in [0.1, 0.15) is 39.2 Å². The number of aromatic nitrogens is 4. The average Bonchev–Trinajstić information content (AvgIpc) is 3.36. The number of hydrogen-bond acceptors (Lipinski definition) is 5. The first-order chi connectivity index (χ1) is 15.4. The summed E-state index contributed by atoms with van der Waals surface area (Å²) in [6.07, 6.45) is 6.24. The lowest BCUT2D eigenvalue weighted by atomic mass is 10.2. The zero-order valence-corrected chi connectivity index (χ0v) is 18.2. The second-order valence-corrected chi connectivity index (χ2v) is 7.59. The molecule has 0 aliphatic rings. The van der Waals surface area contributed by atoms with Gasteiger partial charge in [0.2, 0.25) is 5.91 Å². The number of fused-ring (bicyclic) bond motifs is 1. The minimum absolute atomic E-state index is 0.261. The minimum Gasteiger partial charge on any atom is -0.366 e. The van der Waals surface area contributed by atoms with E-state index in [4.69, 9.17) is 10.7 Å². The first kappa shape index (κ1) is 21.1. The number of hydrogen-bond donors (Lipinski definition) is 2. The fourth-order valence-electron chi connectivity index (χ4n) is 3.61. The first-order valence-electron chi connectivity index (χ1n) is 10.3. The van der Waals surface area contributed by atoms with Gasteiger partial charge in [0.15, 0.2) is 0 Å². The van der Waals surface area contributed by atoms with Crippen LogP contribution in [0.2, 0.25) is 0 Å². The number of anilines is 2. The molecule has 0 fully saturated rings. The zero-order chi connectivity index (χ0) is 22.8. The number of nitrogens with two attached hydrogens (primary N) is 1. The molecule has 1 aromatic carbocycles. The summed E-state index contributed by atoms with van der Waals surface area (Å²) in [4.78, 5) is 35.3. The largest absolute Gasteiger partial charge is 0.366 e. The molecule has 0 aliphatic heterocycles. The molecule has 4 rings (SSSR count). The van der Waals surface area contributed by atoms with Crippen LogP contribution < -0.4 is 16.0 Å². The van der Waals surface area contributed by atoms with E-state index < -0.39 is 5.91 Å². The summed E-state index contributed by atoms with van der Waals surface area (Å²) in [6, 6.07) is 10.0. The number of amides is 2. The second kappa shape index (κ2) is 8.54. The number of imidazole rings is 2. The van der Waals surface area contributed by atoms with Gasteiger partial charge in [-0.3, -0.25) is 14.0 Å². The van der Waals surface area contributed by atoms with Crippen molar-refractivity contribution in [1.82, 2.24) is 18.9 Å². The Bertz CT molecular complexity index is 1290. The number of benzene rings is 1. The molecule has 9 heteroatoms. The van der Waals surface area contributed by atoms with Gasteiger partial charge in [0, 0.05) is 43.9 Å². The van der Waals surface area contributed by atoms with Crippen molar-refractivity contribution in [3.63, 3.8) is 0 Å². The van der Waals surface area contributed by atoms with E-state index in [1.807, 2.05) is 35.3 Å². The van der Waals surface area contributed by atoms with E-state index in [-0.39, 0.29) is 5.91 Å². The molecule has 0 saturated heterocycles. The number of nitrogens with one attached hydrogen (secondary N) is 1. The van der Waals surface area contributed by atoms with Crippen LogP contribution in [-0.2, 0) is 20.0 Å². The van der Waals surface area contributed by atoms with Crippen LogP contribution in [0.3, 0.4) is 0 Å². The van der Waals surface area contributed by atoms with Crippen LogP contribution in [0.25, 0.3) is 5.65 Å². The van der Waals surface area contributed by atoms with Gasteiger partial charge < -0.3 is 20.5 Å². The molecule has 0 saturated carbocycles. The minimum atomic E-state index is -0.512. The molecular weight excluding hydrogens is 406 g/mol. The van der Waals surface area contributed by atoms with Gasteiger partial charge >= 0.3 is 0 Å². The Morgan fingerprint density at radius 3 is 2.47 bits per heavy atom. The van der Waals surface area contributed by atoms with Crippen LogP contribution >= 0.6 is 0 Å². The standard InChI is InChI=1S/C23H25N7O2/c1-4-18-23(29(3)14-20-25-11-12-28(20)2)30-13-16(7-10-19(30)27-18)22(32)26-17-8-5-15(6-9-17)21(24)31/h5-13H,4,14H2,1-3H3,(H2,24,31)(H,26,32). The molecule has 2 amide bonds. The van der Waals surface area contributed by atoms with Gasteiger partial charge in [-0.1, -0.05) is 6.92 Å². The lowest BCUT2D eigenvalue weighted by molar-refractivity contribution is 0.0998. The maximum Gasteiger partial charge on any atom is 0.257 e. The first-order valence-corrected chi connectivity index (χ1v) is 10.3. The maximum atomic E-state index is 12.9. The lowest BCUT2D eigenvalue weighted by Crippen LogP contribution is -2.22. The number of aryl methyl sites for hydroxylation is 2. The van der Waals surface area contributed by atoms with Gasteiger partial charge in [-0.2, -0.15) is 0 Å². The summed E-state index contributed by atoms with van der Waals surface area (Å²) in [7, 11) is 3.95. The molecule has 32 heavy (non-hydrogen) atoms. The van der Waals surface area contributed by atoms with Crippen LogP contribution in [0.5, 0.6) is 0 Å². The van der Waals surface area contributed by atoms with E-state index in [9.17, 15) is 9.59 Å². The SMILES string of the molecule is CCc1nc2ccc(C(=O)Nc3ccc(C(N)=O)cc3)cn2c1N(C)Cc1nccn1C. The summed E-state index contributed by atoms with van der Waals surface area (Å²) in [5.41, 5.74) is 8.43. The summed E-state index contributed by atoms with van der Waals surface area (Å²) >= 11 is 0. The fraction of sp³-hybridized carbons (Fsp3) is 0.217. The van der Waals surface area contributed by atoms with Crippen molar-refractivity contribution in [3.05, 3.63) is 77.6 Å². The Morgan fingerprint density at radius 1 is 1.12 bits per heavy atom. The van der Waals surface area contributed by atoms with E-state index in [0.717, 1.165) is 29.4 Å². The highest BCUT2D eigenvalue weighted by Crippen LogP contribution is 2.24. The van der Waals surface area contributed by atoms with Crippen molar-refractivity contribution in [2.45, 2.75) is 19.9 Å². The van der Waals surface area contributed by atoms with Gasteiger partial charge in [0.25, 0.3) is 5.91 Å². The van der Waals surface area contributed by atoms with E-state index in [1.54, 1.807) is 42.7 Å². The third kappa shape index (κ3) is 4.04. The Labute approximate surface area is 185 Å². The average molecular weight is 432 g/mol. The van der Waals surface area contributed by atoms with Crippen molar-refractivity contribution < 1.29 is 9.59 Å². The van der Waals surface area contributed by atoms with E-state index in [2.05, 4.69) is 22.1 Å². The smallest absolute Gasteiger partial charge is 0.257 e. The molecule has 0 spiro atoms. The Morgan fingerprint density at radius 2 is 1.84 bits per heavy atom. The molecule has 4 aromatic rings. The number of primary amides is 1. The molecule has 164 valence electrons. The van der Waals surface area contributed by atoms with Crippen molar-refractivity contribution in [2.24, 2.45) is 12.8 Å². The molecule has 0 bridgehead atoms. The monoisotopic (exact) mass is 431 g/mol. The second-order valence-electron chi connectivity index (χ2n) is 7.59. The highest BCUT2D eigenvalue weighted by atomic mass is 16.2. The summed E-state index contributed by atoms with van der Waals surface area (Å²) < 4.78 is 3.92. The van der Waals surface area contributed by atoms with Gasteiger partial charge in [-0.25, -0.2) is 9.97 Å². The van der Waals surface area contributed by atoms with Gasteiger partial charge in [-0.15, -0.1) is 0 Å². The quantitative estimate of drug-likeness (QED) is 0.467. The molecule has 9 nitrogen and oxygen atoms in total. The Kier molecular flexibility index (Phi) is 5.63. The fourth-order valence-corrected chi connectivity index (χ4v) is 3.61. The normalized spacial score (nSPS) is 11.0. The molecule has 3 heterocycles. The van der Waals surface area contributed by atoms with Crippen LogP contribution in [0.15, 0.2) is 55.0 Å². The number of carbonyl (C=O) groups is 2. The highest BCUT2D eigenvalue weighted by Gasteiger charge is 2.18. The van der Waals surface area contributed by atoms with Crippen LogP contribution in [0.4, 0.5) is 11.5 Å².